The second-order valence-corrected chi connectivity index (χ2v) is 8.10. The van der Waals surface area contributed by atoms with Crippen molar-refractivity contribution in [1.29, 1.82) is 0 Å². The highest BCUT2D eigenvalue weighted by atomic mass is 32.2. The number of carbonyl (C=O) groups is 1. The maximum atomic E-state index is 11.5. The van der Waals surface area contributed by atoms with E-state index in [0.717, 1.165) is 0 Å². The van der Waals surface area contributed by atoms with Crippen LogP contribution >= 0.6 is 0 Å². The van der Waals surface area contributed by atoms with E-state index in [-0.39, 0.29) is 23.1 Å². The standard InChI is InChI=1S/C13H18N2O5S/c16-9-1-4-15-10(7-9)11(13(17)18)14-12(15)8-2-5-21(19,20)6-3-8/h8-9,16H,1-7H2,(H,17,18). The number of aromatic carboxylic acids is 1. The molecule has 1 unspecified atom stereocenters. The van der Waals surface area contributed by atoms with Crippen LogP contribution in [-0.4, -0.2) is 51.8 Å². The van der Waals surface area contributed by atoms with Crippen LogP contribution in [-0.2, 0) is 22.8 Å². The normalized spacial score (nSPS) is 25.5. The summed E-state index contributed by atoms with van der Waals surface area (Å²) < 4.78 is 24.9. The van der Waals surface area contributed by atoms with Crippen molar-refractivity contribution in [2.24, 2.45) is 0 Å². The third-order valence-corrected chi connectivity index (χ3v) is 6.05. The molecule has 1 atom stereocenters. The molecule has 7 nitrogen and oxygen atoms in total. The van der Waals surface area contributed by atoms with Crippen LogP contribution in [0.4, 0.5) is 0 Å². The molecule has 8 heteroatoms. The maximum absolute atomic E-state index is 11.5. The van der Waals surface area contributed by atoms with E-state index >= 15 is 0 Å². The topological polar surface area (TPSA) is 109 Å². The monoisotopic (exact) mass is 314 g/mol. The first-order chi connectivity index (χ1) is 9.87. The largest absolute Gasteiger partial charge is 0.476 e. The van der Waals surface area contributed by atoms with E-state index in [9.17, 15) is 23.4 Å². The zero-order valence-corrected chi connectivity index (χ0v) is 12.3. The summed E-state index contributed by atoms with van der Waals surface area (Å²) in [4.78, 5) is 15.6. The molecule has 0 radical (unpaired) electrons. The average Bonchev–Trinajstić information content (AvgIpc) is 2.77. The lowest BCUT2D eigenvalue weighted by Crippen LogP contribution is -2.28. The van der Waals surface area contributed by atoms with Crippen molar-refractivity contribution in [2.75, 3.05) is 11.5 Å². The van der Waals surface area contributed by atoms with Crippen LogP contribution in [0, 0.1) is 0 Å². The van der Waals surface area contributed by atoms with Crippen LogP contribution in [0.3, 0.4) is 0 Å². The molecule has 0 amide bonds. The molecule has 21 heavy (non-hydrogen) atoms. The number of aliphatic hydroxyl groups is 1. The predicted molar refractivity (Wildman–Crippen MR) is 74.1 cm³/mol. The van der Waals surface area contributed by atoms with Gasteiger partial charge in [0.25, 0.3) is 0 Å². The van der Waals surface area contributed by atoms with Crippen LogP contribution < -0.4 is 0 Å². The van der Waals surface area contributed by atoms with E-state index in [1.807, 2.05) is 4.57 Å². The number of carboxylic acids is 1. The second kappa shape index (κ2) is 5.10. The minimum absolute atomic E-state index is 0.00261. The Morgan fingerprint density at radius 1 is 1.24 bits per heavy atom. The van der Waals surface area contributed by atoms with E-state index in [0.29, 0.717) is 43.7 Å². The third-order valence-electron chi connectivity index (χ3n) is 4.34. The Morgan fingerprint density at radius 3 is 2.52 bits per heavy atom. The highest BCUT2D eigenvalue weighted by Gasteiger charge is 2.33. The molecule has 0 spiro atoms. The summed E-state index contributed by atoms with van der Waals surface area (Å²) in [5.41, 5.74) is 0.557. The Morgan fingerprint density at radius 2 is 1.90 bits per heavy atom. The number of rotatable bonds is 2. The predicted octanol–water partition coefficient (Wildman–Crippen LogP) is 0.181. The van der Waals surface area contributed by atoms with Gasteiger partial charge in [0.2, 0.25) is 0 Å². The highest BCUT2D eigenvalue weighted by Crippen LogP contribution is 2.32. The van der Waals surface area contributed by atoms with Crippen molar-refractivity contribution in [1.82, 2.24) is 9.55 Å². The quantitative estimate of drug-likeness (QED) is 0.806. The smallest absolute Gasteiger partial charge is 0.356 e. The summed E-state index contributed by atoms with van der Waals surface area (Å²) >= 11 is 0. The Kier molecular flexibility index (Phi) is 3.53. The third kappa shape index (κ3) is 2.69. The molecule has 2 N–H and O–H groups in total. The van der Waals surface area contributed by atoms with Gasteiger partial charge in [-0.25, -0.2) is 18.2 Å². The van der Waals surface area contributed by atoms with Gasteiger partial charge in [-0.15, -0.1) is 0 Å². The molecule has 2 aliphatic heterocycles. The van der Waals surface area contributed by atoms with Gasteiger partial charge in [0.1, 0.15) is 15.7 Å². The molecule has 0 saturated carbocycles. The van der Waals surface area contributed by atoms with Gasteiger partial charge in [-0.2, -0.15) is 0 Å². The number of fused-ring (bicyclic) bond motifs is 1. The number of imidazole rings is 1. The van der Waals surface area contributed by atoms with Crippen LogP contribution in [0.2, 0.25) is 0 Å². The number of nitrogens with zero attached hydrogens (tertiary/aromatic N) is 2. The lowest BCUT2D eigenvalue weighted by Gasteiger charge is -2.26. The summed E-state index contributed by atoms with van der Waals surface area (Å²) in [6.07, 6.45) is 1.30. The average molecular weight is 314 g/mol. The Hall–Kier alpha value is -1.41. The van der Waals surface area contributed by atoms with Gasteiger partial charge in [-0.05, 0) is 19.3 Å². The van der Waals surface area contributed by atoms with Crippen molar-refractivity contribution in [3.63, 3.8) is 0 Å². The SMILES string of the molecule is O=C(O)c1nc(C2CCS(=O)(=O)CC2)n2c1CC(O)CC2. The summed E-state index contributed by atoms with van der Waals surface area (Å²) in [5, 5.41) is 19.0. The Balaban J connectivity index is 1.96. The van der Waals surface area contributed by atoms with Crippen molar-refractivity contribution >= 4 is 15.8 Å². The molecular formula is C13H18N2O5S. The number of hydrogen-bond donors (Lipinski definition) is 2. The van der Waals surface area contributed by atoms with Crippen molar-refractivity contribution < 1.29 is 23.4 Å². The van der Waals surface area contributed by atoms with Crippen LogP contribution in [0.5, 0.6) is 0 Å². The molecule has 3 heterocycles. The number of carboxylic acid groups (broad SMARTS) is 1. The molecule has 3 rings (SSSR count). The van der Waals surface area contributed by atoms with E-state index in [4.69, 9.17) is 0 Å². The van der Waals surface area contributed by atoms with Gasteiger partial charge in [-0.3, -0.25) is 0 Å². The zero-order chi connectivity index (χ0) is 15.2. The van der Waals surface area contributed by atoms with Crippen LogP contribution in [0.1, 0.15) is 47.2 Å². The summed E-state index contributed by atoms with van der Waals surface area (Å²) in [6, 6.07) is 0. The van der Waals surface area contributed by atoms with Crippen molar-refractivity contribution in [3.05, 3.63) is 17.2 Å². The van der Waals surface area contributed by atoms with E-state index in [2.05, 4.69) is 4.98 Å². The first kappa shape index (κ1) is 14.5. The van der Waals surface area contributed by atoms with Crippen molar-refractivity contribution in [2.45, 2.75) is 44.2 Å². The number of aromatic nitrogens is 2. The van der Waals surface area contributed by atoms with Gasteiger partial charge < -0.3 is 14.8 Å². The molecule has 0 aliphatic carbocycles. The molecule has 1 saturated heterocycles. The van der Waals surface area contributed by atoms with E-state index < -0.39 is 21.9 Å². The van der Waals surface area contributed by atoms with Gasteiger partial charge in [0.15, 0.2) is 5.69 Å². The van der Waals surface area contributed by atoms with Gasteiger partial charge in [0, 0.05) is 18.9 Å². The highest BCUT2D eigenvalue weighted by molar-refractivity contribution is 7.91. The molecule has 0 bridgehead atoms. The lowest BCUT2D eigenvalue weighted by atomic mass is 10.0. The number of aliphatic hydroxyl groups excluding tert-OH is 1. The molecule has 0 aromatic carbocycles. The van der Waals surface area contributed by atoms with Crippen LogP contribution in [0.25, 0.3) is 0 Å². The first-order valence-corrected chi connectivity index (χ1v) is 8.90. The Labute approximate surface area is 122 Å². The summed E-state index contributed by atoms with van der Waals surface area (Å²) in [5.74, 6) is -0.183. The van der Waals surface area contributed by atoms with E-state index in [1.54, 1.807) is 0 Å². The summed E-state index contributed by atoms with van der Waals surface area (Å²) in [7, 11) is -2.96. The fraction of sp³-hybridized carbons (Fsp3) is 0.692. The number of hydrogen-bond acceptors (Lipinski definition) is 5. The van der Waals surface area contributed by atoms with Gasteiger partial charge in [-0.1, -0.05) is 0 Å². The molecule has 1 aromatic heterocycles. The molecular weight excluding hydrogens is 296 g/mol. The molecule has 2 aliphatic rings. The molecule has 1 fully saturated rings. The molecule has 1 aromatic rings. The van der Waals surface area contributed by atoms with Crippen molar-refractivity contribution in [3.8, 4) is 0 Å². The minimum atomic E-state index is -2.96. The van der Waals surface area contributed by atoms with Gasteiger partial charge >= 0.3 is 5.97 Å². The maximum Gasteiger partial charge on any atom is 0.356 e. The zero-order valence-electron chi connectivity index (χ0n) is 11.5. The summed E-state index contributed by atoms with van der Waals surface area (Å²) in [6.45, 7) is 0.537. The lowest BCUT2D eigenvalue weighted by molar-refractivity contribution is 0.0687. The van der Waals surface area contributed by atoms with Gasteiger partial charge in [0.05, 0.1) is 23.3 Å². The molecule has 116 valence electrons. The minimum Gasteiger partial charge on any atom is -0.476 e. The first-order valence-electron chi connectivity index (χ1n) is 7.08. The second-order valence-electron chi connectivity index (χ2n) is 5.79. The van der Waals surface area contributed by atoms with Crippen LogP contribution in [0.15, 0.2) is 0 Å². The van der Waals surface area contributed by atoms with E-state index in [1.165, 1.54) is 0 Å². The number of sulfone groups is 1. The fourth-order valence-electron chi connectivity index (χ4n) is 3.20. The Bertz CT molecular complexity index is 665. The fourth-order valence-corrected chi connectivity index (χ4v) is 4.69.